The van der Waals surface area contributed by atoms with E-state index in [1.807, 2.05) is 22.7 Å². The van der Waals surface area contributed by atoms with Gasteiger partial charge in [0.25, 0.3) is 5.78 Å². The lowest BCUT2D eigenvalue weighted by Gasteiger charge is -2.19. The van der Waals surface area contributed by atoms with Gasteiger partial charge in [-0.15, -0.1) is 0 Å². The van der Waals surface area contributed by atoms with Crippen LogP contribution >= 0.6 is 11.6 Å². The lowest BCUT2D eigenvalue weighted by atomic mass is 9.87. The molecule has 0 saturated heterocycles. The number of benzene rings is 2. The van der Waals surface area contributed by atoms with E-state index < -0.39 is 0 Å². The molecule has 0 bridgehead atoms. The Morgan fingerprint density at radius 2 is 1.79 bits per heavy atom. The fraction of sp³-hybridized carbons (Fsp3) is 0.222. The number of imidazole rings is 1. The second kappa shape index (κ2) is 5.24. The van der Waals surface area contributed by atoms with Crippen LogP contribution in [0.3, 0.4) is 0 Å². The molecule has 2 aromatic heterocycles. The molecule has 0 aliphatic carbocycles. The average Bonchev–Trinajstić information content (AvgIpc) is 3.03. The van der Waals surface area contributed by atoms with Crippen LogP contribution in [0.4, 0.5) is 11.6 Å². The van der Waals surface area contributed by atoms with Crippen LogP contribution in [-0.4, -0.2) is 19.6 Å². The molecule has 0 saturated carbocycles. The van der Waals surface area contributed by atoms with Gasteiger partial charge in [0.2, 0.25) is 5.95 Å². The minimum absolute atomic E-state index is 0.143. The molecule has 2 N–H and O–H groups in total. The van der Waals surface area contributed by atoms with Crippen LogP contribution in [0.5, 0.6) is 0 Å². The highest BCUT2D eigenvalue weighted by atomic mass is 35.5. The Balaban J connectivity index is 1.65. The Kier molecular flexibility index (Phi) is 3.28. The zero-order valence-corrected chi connectivity index (χ0v) is 14.5. The van der Waals surface area contributed by atoms with Crippen LogP contribution in [0.1, 0.15) is 26.3 Å². The molecule has 0 unspecified atom stereocenters. The summed E-state index contributed by atoms with van der Waals surface area (Å²) in [6.07, 6.45) is 0. The van der Waals surface area contributed by atoms with Crippen molar-refractivity contribution in [1.29, 1.82) is 0 Å². The first kappa shape index (κ1) is 15.0. The van der Waals surface area contributed by atoms with Crippen molar-refractivity contribution in [3.05, 3.63) is 53.1 Å². The first-order valence-corrected chi connectivity index (χ1v) is 8.19. The maximum atomic E-state index is 6.00. The van der Waals surface area contributed by atoms with Gasteiger partial charge in [-0.05, 0) is 41.3 Å². The van der Waals surface area contributed by atoms with Crippen molar-refractivity contribution in [2.24, 2.45) is 0 Å². The Labute approximate surface area is 144 Å². The number of rotatable bonds is 2. The summed E-state index contributed by atoms with van der Waals surface area (Å²) >= 11 is 6.00. The molecule has 0 radical (unpaired) electrons. The van der Waals surface area contributed by atoms with Crippen LogP contribution in [-0.2, 0) is 5.41 Å². The Hall–Kier alpha value is -2.53. The lowest BCUT2D eigenvalue weighted by molar-refractivity contribution is 0.590. The molecule has 0 aliphatic heterocycles. The molecular formula is C18H18ClN5. The fourth-order valence-corrected chi connectivity index (χ4v) is 2.87. The third-order valence-corrected chi connectivity index (χ3v) is 4.28. The summed E-state index contributed by atoms with van der Waals surface area (Å²) in [4.78, 5) is 8.97. The zero-order valence-electron chi connectivity index (χ0n) is 13.8. The molecular weight excluding hydrogens is 322 g/mol. The number of anilines is 2. The van der Waals surface area contributed by atoms with Crippen molar-refractivity contribution in [1.82, 2.24) is 19.6 Å². The summed E-state index contributed by atoms with van der Waals surface area (Å²) in [5.41, 5.74) is 4.18. The van der Waals surface area contributed by atoms with Gasteiger partial charge < -0.3 is 5.32 Å². The van der Waals surface area contributed by atoms with Gasteiger partial charge >= 0.3 is 0 Å². The molecule has 2 aromatic carbocycles. The predicted octanol–water partition coefficient (Wildman–Crippen LogP) is 4.91. The van der Waals surface area contributed by atoms with Gasteiger partial charge in [-0.1, -0.05) is 44.5 Å². The van der Waals surface area contributed by atoms with Gasteiger partial charge in [-0.2, -0.15) is 4.98 Å². The third kappa shape index (κ3) is 2.61. The number of hydrogen-bond acceptors (Lipinski definition) is 3. The highest BCUT2D eigenvalue weighted by Gasteiger charge is 2.13. The number of hydrogen-bond donors (Lipinski definition) is 2. The van der Waals surface area contributed by atoms with Crippen molar-refractivity contribution >= 4 is 40.0 Å². The quantitative estimate of drug-likeness (QED) is 0.545. The first-order chi connectivity index (χ1) is 11.4. The molecule has 24 heavy (non-hydrogen) atoms. The summed E-state index contributed by atoms with van der Waals surface area (Å²) < 4.78 is 1.84. The van der Waals surface area contributed by atoms with Crippen molar-refractivity contribution < 1.29 is 0 Å². The van der Waals surface area contributed by atoms with E-state index in [4.69, 9.17) is 11.6 Å². The molecule has 0 fully saturated rings. The summed E-state index contributed by atoms with van der Waals surface area (Å²) in [5, 5.41) is 7.17. The second-order valence-electron chi connectivity index (χ2n) is 6.90. The standard InChI is InChI=1S/C18H18ClN5/c1-18(2,3)11-4-7-13(8-5-11)20-16-22-17-21-14-10-12(19)6-9-15(14)24(17)23-16/h4-10H,1-3H3,(H2,20,21,22,23). The van der Waals surface area contributed by atoms with Gasteiger partial charge in [-0.3, -0.25) is 5.10 Å². The topological polar surface area (TPSA) is 58.0 Å². The van der Waals surface area contributed by atoms with Crippen LogP contribution in [0.25, 0.3) is 16.8 Å². The zero-order chi connectivity index (χ0) is 16.9. The minimum Gasteiger partial charge on any atom is -0.325 e. The highest BCUT2D eigenvalue weighted by molar-refractivity contribution is 6.31. The number of nitrogens with one attached hydrogen (secondary N) is 2. The predicted molar refractivity (Wildman–Crippen MR) is 98.3 cm³/mol. The molecule has 2 heterocycles. The van der Waals surface area contributed by atoms with E-state index in [1.54, 1.807) is 0 Å². The maximum Gasteiger partial charge on any atom is 0.253 e. The highest BCUT2D eigenvalue weighted by Crippen LogP contribution is 2.25. The van der Waals surface area contributed by atoms with Gasteiger partial charge in [0, 0.05) is 10.7 Å². The lowest BCUT2D eigenvalue weighted by Crippen LogP contribution is -2.10. The maximum absolute atomic E-state index is 6.00. The Morgan fingerprint density at radius 1 is 1.04 bits per heavy atom. The molecule has 122 valence electrons. The fourth-order valence-electron chi connectivity index (χ4n) is 2.70. The third-order valence-electron chi connectivity index (χ3n) is 4.04. The van der Waals surface area contributed by atoms with Crippen LogP contribution in [0.2, 0.25) is 5.02 Å². The van der Waals surface area contributed by atoms with Crippen molar-refractivity contribution in [3.8, 4) is 0 Å². The van der Waals surface area contributed by atoms with E-state index in [-0.39, 0.29) is 5.41 Å². The van der Waals surface area contributed by atoms with Crippen LogP contribution in [0, 0.1) is 0 Å². The van der Waals surface area contributed by atoms with E-state index >= 15 is 0 Å². The summed E-state index contributed by atoms with van der Waals surface area (Å²) in [6, 6.07) is 14.0. The smallest absolute Gasteiger partial charge is 0.253 e. The molecule has 0 aliphatic rings. The average molecular weight is 340 g/mol. The number of fused-ring (bicyclic) bond motifs is 3. The van der Waals surface area contributed by atoms with Crippen molar-refractivity contribution in [2.45, 2.75) is 26.2 Å². The van der Waals surface area contributed by atoms with Crippen LogP contribution in [0.15, 0.2) is 42.5 Å². The van der Waals surface area contributed by atoms with E-state index in [0.29, 0.717) is 16.7 Å². The number of aromatic nitrogens is 4. The molecule has 0 spiro atoms. The molecule has 4 aromatic rings. The molecule has 4 rings (SSSR count). The molecule has 0 amide bonds. The van der Waals surface area contributed by atoms with E-state index in [9.17, 15) is 0 Å². The van der Waals surface area contributed by atoms with Crippen molar-refractivity contribution in [3.63, 3.8) is 0 Å². The molecule has 5 nitrogen and oxygen atoms in total. The number of aromatic amines is 1. The summed E-state index contributed by atoms with van der Waals surface area (Å²) in [6.45, 7) is 6.61. The van der Waals surface area contributed by atoms with Gasteiger partial charge in [-0.25, -0.2) is 9.50 Å². The molecule has 0 atom stereocenters. The normalized spacial score (nSPS) is 12.2. The number of nitrogens with zero attached hydrogens (tertiary/aromatic N) is 3. The summed E-state index contributed by atoms with van der Waals surface area (Å²) in [7, 11) is 0. The van der Waals surface area contributed by atoms with Crippen molar-refractivity contribution in [2.75, 3.05) is 5.32 Å². The number of halogens is 1. The van der Waals surface area contributed by atoms with E-state index in [1.165, 1.54) is 5.56 Å². The Morgan fingerprint density at radius 3 is 2.50 bits per heavy atom. The SMILES string of the molecule is CC(C)(C)c1ccc(Nc2nc3nc4cc(Cl)ccc4n3[nH]2)cc1. The van der Waals surface area contributed by atoms with E-state index in [0.717, 1.165) is 16.7 Å². The van der Waals surface area contributed by atoms with Gasteiger partial charge in [0.05, 0.1) is 11.0 Å². The number of H-pyrrole nitrogens is 1. The van der Waals surface area contributed by atoms with E-state index in [2.05, 4.69) is 65.4 Å². The largest absolute Gasteiger partial charge is 0.325 e. The first-order valence-electron chi connectivity index (χ1n) is 7.81. The van der Waals surface area contributed by atoms with Crippen LogP contribution < -0.4 is 5.32 Å². The second-order valence-corrected chi connectivity index (χ2v) is 7.34. The van der Waals surface area contributed by atoms with Gasteiger partial charge in [0.1, 0.15) is 0 Å². The summed E-state index contributed by atoms with van der Waals surface area (Å²) in [5.74, 6) is 1.26. The minimum atomic E-state index is 0.143. The molecule has 6 heteroatoms. The Bertz CT molecular complexity index is 1020. The monoisotopic (exact) mass is 339 g/mol. The van der Waals surface area contributed by atoms with Gasteiger partial charge in [0.15, 0.2) is 0 Å².